The van der Waals surface area contributed by atoms with Crippen LogP contribution < -0.4 is 15.5 Å². The topological polar surface area (TPSA) is 79.4 Å². The predicted molar refractivity (Wildman–Crippen MR) is 103 cm³/mol. The molecule has 2 heterocycles. The first-order valence-electron chi connectivity index (χ1n) is 8.19. The number of carbonyl (C=O) groups excluding carboxylic acids is 1. The molecule has 0 aliphatic carbocycles. The van der Waals surface area contributed by atoms with E-state index in [0.717, 1.165) is 26.1 Å². The Labute approximate surface area is 161 Å². The van der Waals surface area contributed by atoms with Crippen molar-refractivity contribution in [3.8, 4) is 0 Å². The summed E-state index contributed by atoms with van der Waals surface area (Å²) in [4.78, 5) is 22.3. The van der Waals surface area contributed by atoms with Gasteiger partial charge < -0.3 is 15.4 Å². The molecule has 1 aliphatic rings. The monoisotopic (exact) mass is 395 g/mol. The lowest BCUT2D eigenvalue weighted by molar-refractivity contribution is 0.0904. The number of halogens is 2. The van der Waals surface area contributed by atoms with E-state index in [9.17, 15) is 4.79 Å². The zero-order valence-corrected chi connectivity index (χ0v) is 15.7. The molecule has 2 amide bonds. The fourth-order valence-corrected chi connectivity index (χ4v) is 3.06. The molecule has 3 rings (SSSR count). The molecule has 2 aromatic rings. The molecular weight excluding hydrogens is 377 g/mol. The summed E-state index contributed by atoms with van der Waals surface area (Å²) >= 11 is 12.2. The maximum absolute atomic E-state index is 12.5. The molecule has 0 unspecified atom stereocenters. The van der Waals surface area contributed by atoms with Crippen LogP contribution in [0.5, 0.6) is 0 Å². The average molecular weight is 396 g/mol. The van der Waals surface area contributed by atoms with Crippen LogP contribution in [0, 0.1) is 0 Å². The molecule has 138 valence electrons. The van der Waals surface area contributed by atoms with Gasteiger partial charge in [-0.25, -0.2) is 14.8 Å². The van der Waals surface area contributed by atoms with Gasteiger partial charge in [-0.2, -0.15) is 0 Å². The van der Waals surface area contributed by atoms with Gasteiger partial charge in [0.15, 0.2) is 0 Å². The van der Waals surface area contributed by atoms with Crippen molar-refractivity contribution < 1.29 is 9.53 Å². The van der Waals surface area contributed by atoms with Crippen LogP contribution in [0.1, 0.15) is 12.8 Å². The summed E-state index contributed by atoms with van der Waals surface area (Å²) in [5.74, 6) is 1.12. The highest BCUT2D eigenvalue weighted by molar-refractivity contribution is 6.39. The van der Waals surface area contributed by atoms with Crippen LogP contribution in [-0.2, 0) is 4.74 Å². The molecule has 0 atom stereocenters. The number of hydrogen-bond acceptors (Lipinski definition) is 5. The van der Waals surface area contributed by atoms with E-state index in [1.165, 1.54) is 11.2 Å². The summed E-state index contributed by atoms with van der Waals surface area (Å²) in [5, 5.41) is 6.78. The van der Waals surface area contributed by atoms with E-state index in [0.29, 0.717) is 33.4 Å². The maximum atomic E-state index is 12.5. The summed E-state index contributed by atoms with van der Waals surface area (Å²) in [6.45, 7) is 1.47. The van der Waals surface area contributed by atoms with Crippen molar-refractivity contribution in [3.05, 3.63) is 40.6 Å². The summed E-state index contributed by atoms with van der Waals surface area (Å²) in [6, 6.07) is 6.64. The third-order valence-electron chi connectivity index (χ3n) is 4.07. The van der Waals surface area contributed by atoms with Crippen molar-refractivity contribution in [2.45, 2.75) is 18.9 Å². The molecule has 26 heavy (non-hydrogen) atoms. The molecule has 9 heteroatoms. The zero-order chi connectivity index (χ0) is 18.5. The molecule has 0 bridgehead atoms. The van der Waals surface area contributed by atoms with Gasteiger partial charge in [-0.05, 0) is 25.0 Å². The molecule has 1 saturated heterocycles. The minimum absolute atomic E-state index is 0.299. The smallest absolute Gasteiger partial charge is 0.327 e. The maximum Gasteiger partial charge on any atom is 0.327 e. The standard InChI is InChI=1S/C17H19Cl2N5O2/c1-24(17(25)23-16-12(18)3-2-4-13(16)19)15-9-14(20-10-21-15)22-11-5-7-26-8-6-11/h2-4,9-11H,5-8H2,1H3,(H,23,25)(H,20,21,22). The number of aromatic nitrogens is 2. The average Bonchev–Trinajstić information content (AvgIpc) is 2.65. The molecular formula is C17H19Cl2N5O2. The fraction of sp³-hybridized carbons (Fsp3) is 0.353. The number of nitrogens with zero attached hydrogens (tertiary/aromatic N) is 3. The Morgan fingerprint density at radius 3 is 2.62 bits per heavy atom. The van der Waals surface area contributed by atoms with E-state index in [2.05, 4.69) is 20.6 Å². The van der Waals surface area contributed by atoms with Gasteiger partial charge in [-0.15, -0.1) is 0 Å². The first-order valence-corrected chi connectivity index (χ1v) is 8.95. The predicted octanol–water partition coefficient (Wildman–Crippen LogP) is 4.04. The van der Waals surface area contributed by atoms with Crippen LogP contribution in [0.4, 0.5) is 22.1 Å². The Balaban J connectivity index is 1.69. The van der Waals surface area contributed by atoms with E-state index in [1.54, 1.807) is 31.3 Å². The van der Waals surface area contributed by atoms with Gasteiger partial charge in [-0.1, -0.05) is 29.3 Å². The van der Waals surface area contributed by atoms with Gasteiger partial charge in [0.1, 0.15) is 18.0 Å². The van der Waals surface area contributed by atoms with Crippen molar-refractivity contribution in [2.24, 2.45) is 0 Å². The number of anilines is 3. The number of hydrogen-bond donors (Lipinski definition) is 2. The van der Waals surface area contributed by atoms with Gasteiger partial charge in [-0.3, -0.25) is 4.90 Å². The van der Waals surface area contributed by atoms with Crippen LogP contribution in [-0.4, -0.2) is 42.3 Å². The lowest BCUT2D eigenvalue weighted by atomic mass is 10.1. The first kappa shape index (κ1) is 18.7. The SMILES string of the molecule is CN(C(=O)Nc1c(Cl)cccc1Cl)c1cc(NC2CCOCC2)ncn1. The van der Waals surface area contributed by atoms with Crippen molar-refractivity contribution in [3.63, 3.8) is 0 Å². The van der Waals surface area contributed by atoms with E-state index in [1.807, 2.05) is 0 Å². The second kappa shape index (κ2) is 8.53. The van der Waals surface area contributed by atoms with Crippen LogP contribution in [0.15, 0.2) is 30.6 Å². The number of nitrogens with one attached hydrogen (secondary N) is 2. The number of amides is 2. The zero-order valence-electron chi connectivity index (χ0n) is 14.2. The summed E-state index contributed by atoms with van der Waals surface area (Å²) in [7, 11) is 1.61. The van der Waals surface area contributed by atoms with Crippen molar-refractivity contribution in [1.29, 1.82) is 0 Å². The highest BCUT2D eigenvalue weighted by Crippen LogP contribution is 2.30. The third kappa shape index (κ3) is 4.55. The minimum atomic E-state index is -0.407. The van der Waals surface area contributed by atoms with Crippen molar-refractivity contribution in [1.82, 2.24) is 9.97 Å². The Morgan fingerprint density at radius 1 is 1.23 bits per heavy atom. The van der Waals surface area contributed by atoms with E-state index >= 15 is 0 Å². The largest absolute Gasteiger partial charge is 0.381 e. The number of carbonyl (C=O) groups is 1. The summed E-state index contributed by atoms with van der Waals surface area (Å²) in [6.07, 6.45) is 3.25. The highest BCUT2D eigenvalue weighted by atomic mass is 35.5. The van der Waals surface area contributed by atoms with Gasteiger partial charge in [0.05, 0.1) is 15.7 Å². The van der Waals surface area contributed by atoms with Crippen molar-refractivity contribution in [2.75, 3.05) is 35.8 Å². The molecule has 1 fully saturated rings. The number of para-hydroxylation sites is 1. The van der Waals surface area contributed by atoms with Crippen LogP contribution >= 0.6 is 23.2 Å². The van der Waals surface area contributed by atoms with Gasteiger partial charge in [0.25, 0.3) is 0 Å². The van der Waals surface area contributed by atoms with E-state index in [4.69, 9.17) is 27.9 Å². The van der Waals surface area contributed by atoms with Crippen LogP contribution in [0.3, 0.4) is 0 Å². The summed E-state index contributed by atoms with van der Waals surface area (Å²) in [5.41, 5.74) is 0.363. The van der Waals surface area contributed by atoms with Gasteiger partial charge in [0, 0.05) is 32.4 Å². The Morgan fingerprint density at radius 2 is 1.92 bits per heavy atom. The quantitative estimate of drug-likeness (QED) is 0.816. The molecule has 0 radical (unpaired) electrons. The van der Waals surface area contributed by atoms with Gasteiger partial charge >= 0.3 is 6.03 Å². The second-order valence-electron chi connectivity index (χ2n) is 5.88. The van der Waals surface area contributed by atoms with Crippen molar-refractivity contribution >= 4 is 46.6 Å². The molecule has 0 saturated carbocycles. The normalized spacial score (nSPS) is 14.7. The summed E-state index contributed by atoms with van der Waals surface area (Å²) < 4.78 is 5.35. The first-order chi connectivity index (χ1) is 12.5. The van der Waals surface area contributed by atoms with Crippen LogP contribution in [0.2, 0.25) is 10.0 Å². The molecule has 0 spiro atoms. The lowest BCUT2D eigenvalue weighted by Crippen LogP contribution is -2.32. The molecule has 1 aliphatic heterocycles. The number of benzene rings is 1. The molecule has 1 aromatic carbocycles. The lowest BCUT2D eigenvalue weighted by Gasteiger charge is -2.24. The Hall–Kier alpha value is -2.09. The fourth-order valence-electron chi connectivity index (χ4n) is 2.57. The minimum Gasteiger partial charge on any atom is -0.381 e. The second-order valence-corrected chi connectivity index (χ2v) is 6.69. The van der Waals surface area contributed by atoms with E-state index < -0.39 is 6.03 Å². The Kier molecular flexibility index (Phi) is 6.13. The van der Waals surface area contributed by atoms with Gasteiger partial charge in [0.2, 0.25) is 0 Å². The molecule has 1 aromatic heterocycles. The van der Waals surface area contributed by atoms with Crippen LogP contribution in [0.25, 0.3) is 0 Å². The highest BCUT2D eigenvalue weighted by Gasteiger charge is 2.18. The number of rotatable bonds is 4. The van der Waals surface area contributed by atoms with E-state index in [-0.39, 0.29) is 0 Å². The Bertz CT molecular complexity index is 763. The third-order valence-corrected chi connectivity index (χ3v) is 4.70. The molecule has 2 N–H and O–H groups in total. The molecule has 7 nitrogen and oxygen atoms in total. The number of ether oxygens (including phenoxy) is 1. The number of urea groups is 1.